The third-order valence-electron chi connectivity index (χ3n) is 15.3. The number of carbonyl (C=O) groups excluding carboxylic acids is 11. The van der Waals surface area contributed by atoms with Crippen LogP contribution in [0.4, 0.5) is 0 Å². The molecule has 33 nitrogen and oxygen atoms in total. The molecule has 0 aliphatic carbocycles. The number of fused-ring (bicyclic) bond motifs is 1. The molecule has 0 radical (unpaired) electrons. The Labute approximate surface area is 553 Å². The van der Waals surface area contributed by atoms with Crippen molar-refractivity contribution in [1.82, 2.24) is 52.8 Å². The minimum Gasteiger partial charge on any atom is -0.508 e. The highest BCUT2D eigenvalue weighted by atomic mass is 33.1. The summed E-state index contributed by atoms with van der Waals surface area (Å²) in [6.45, 7) is 5.47. The fraction of sp³-hybridized carbons (Fsp3) is 0.559. The molecule has 2 aliphatic heterocycles. The first-order valence-corrected chi connectivity index (χ1v) is 33.1. The fourth-order valence-corrected chi connectivity index (χ4v) is 12.8. The monoisotopic (exact) mass is 1350 g/mol. The number of rotatable bonds is 27. The zero-order valence-corrected chi connectivity index (χ0v) is 55.0. The van der Waals surface area contributed by atoms with Gasteiger partial charge in [-0.1, -0.05) is 84.3 Å². The van der Waals surface area contributed by atoms with E-state index in [0.717, 1.165) is 21.6 Å². The van der Waals surface area contributed by atoms with Crippen LogP contribution in [0, 0.1) is 5.92 Å². The Kier molecular flexibility index (Phi) is 31.9. The van der Waals surface area contributed by atoms with Gasteiger partial charge in [-0.15, -0.1) is 0 Å². The molecule has 94 heavy (non-hydrogen) atoms. The van der Waals surface area contributed by atoms with Crippen LogP contribution in [0.1, 0.15) is 96.6 Å². The molecule has 4 rings (SSSR count). The number of aliphatic imine (C=N–C) groups is 3. The summed E-state index contributed by atoms with van der Waals surface area (Å²) in [6.07, 6.45) is 0.818. The molecule has 2 aromatic carbocycles. The number of nitrogens with one attached hydrogen (secondary N) is 9. The maximum Gasteiger partial charge on any atom is 0.245 e. The lowest BCUT2D eigenvalue weighted by atomic mass is 9.96. The zero-order chi connectivity index (χ0) is 69.7. The van der Waals surface area contributed by atoms with Crippen molar-refractivity contribution in [3.63, 3.8) is 0 Å². The predicted molar refractivity (Wildman–Crippen MR) is 357 cm³/mol. The molecule has 0 spiro atoms. The van der Waals surface area contributed by atoms with Crippen LogP contribution in [0.15, 0.2) is 69.6 Å². The number of aromatic hydroxyl groups is 1. The zero-order valence-electron chi connectivity index (χ0n) is 53.4. The van der Waals surface area contributed by atoms with E-state index in [2.05, 4.69) is 62.8 Å². The van der Waals surface area contributed by atoms with Crippen LogP contribution in [-0.4, -0.2) is 197 Å². The molecular formula is C59H93N21O12S2. The van der Waals surface area contributed by atoms with E-state index in [1.165, 1.54) is 17.0 Å². The van der Waals surface area contributed by atoms with Gasteiger partial charge in [-0.25, -0.2) is 0 Å². The molecular weight excluding hydrogens is 1260 g/mol. The van der Waals surface area contributed by atoms with Gasteiger partial charge in [0.25, 0.3) is 0 Å². The third-order valence-corrected chi connectivity index (χ3v) is 18.6. The van der Waals surface area contributed by atoms with Gasteiger partial charge in [0.2, 0.25) is 65.0 Å². The first-order chi connectivity index (χ1) is 44.5. The van der Waals surface area contributed by atoms with Crippen LogP contribution in [-0.2, 0) is 65.6 Å². The van der Waals surface area contributed by atoms with E-state index in [0.29, 0.717) is 24.0 Å². The Morgan fingerprint density at radius 1 is 0.660 bits per heavy atom. The van der Waals surface area contributed by atoms with Crippen molar-refractivity contribution >= 4 is 104 Å². The van der Waals surface area contributed by atoms with E-state index in [-0.39, 0.29) is 113 Å². The van der Waals surface area contributed by atoms with Gasteiger partial charge in [0.05, 0.1) is 19.1 Å². The quantitative estimate of drug-likeness (QED) is 0.0172. The van der Waals surface area contributed by atoms with Crippen molar-refractivity contribution in [1.29, 1.82) is 0 Å². The van der Waals surface area contributed by atoms with Crippen LogP contribution < -0.4 is 93.7 Å². The largest absolute Gasteiger partial charge is 0.508 e. The summed E-state index contributed by atoms with van der Waals surface area (Å²) >= 11 is 0. The normalized spacial score (nSPS) is 21.7. The SMILES string of the molecule is CC[C@H](C)[C@@H]1NC(=O)[C@H](CCCN=C(N)N)NC(=O)[C@H](CCCN=C(N)N)NC(=O)[C@H](NC(=O)[C@H](Cc2ccccc2)NC(=O)CNC(=O)CNC(=O)[C@@H](N)Cc2ccc(O)cc2)C(C)(C)SSC[C@H](C(N)=O)NC(=O)[C@@H]2CCCN2C(=O)[C@H](CCCN=C(N)N)NC1=O. The van der Waals surface area contributed by atoms with Crippen molar-refractivity contribution in [2.45, 2.75) is 157 Å². The molecule has 0 bridgehead atoms. The minimum absolute atomic E-state index is 0.00159. The van der Waals surface area contributed by atoms with E-state index >= 15 is 4.79 Å². The van der Waals surface area contributed by atoms with E-state index in [4.69, 9.17) is 45.9 Å². The van der Waals surface area contributed by atoms with Gasteiger partial charge >= 0.3 is 0 Å². The summed E-state index contributed by atoms with van der Waals surface area (Å²) in [5.74, 6) is -10.6. The maximum absolute atomic E-state index is 15.3. The molecule has 2 heterocycles. The lowest BCUT2D eigenvalue weighted by molar-refractivity contribution is -0.142. The fourth-order valence-electron chi connectivity index (χ4n) is 9.94. The number of guanidine groups is 3. The molecule has 35 heteroatoms. The van der Waals surface area contributed by atoms with Crippen molar-refractivity contribution < 1.29 is 57.8 Å². The Bertz CT molecular complexity index is 3020. The van der Waals surface area contributed by atoms with Gasteiger partial charge in [-0.3, -0.25) is 67.7 Å². The number of nitrogens with zero attached hydrogens (tertiary/aromatic N) is 4. The second-order valence-corrected chi connectivity index (χ2v) is 26.2. The van der Waals surface area contributed by atoms with Crippen molar-refractivity contribution in [3.05, 3.63) is 65.7 Å². The maximum atomic E-state index is 15.3. The van der Waals surface area contributed by atoms with Gasteiger partial charge in [0.1, 0.15) is 54.1 Å². The Hall–Kier alpha value is -9.12. The molecule has 0 aromatic heterocycles. The number of hydrogen-bond donors (Lipinski definition) is 18. The second kappa shape index (κ2) is 38.8. The Morgan fingerprint density at radius 2 is 1.19 bits per heavy atom. The molecule has 10 atom stereocenters. The summed E-state index contributed by atoms with van der Waals surface area (Å²) in [6, 6.07) is 2.28. The molecule has 2 fully saturated rings. The smallest absolute Gasteiger partial charge is 0.245 e. The number of carbonyl (C=O) groups is 11. The topological polar surface area (TPSA) is 565 Å². The molecule has 11 amide bonds. The average molecular weight is 1350 g/mol. The summed E-state index contributed by atoms with van der Waals surface area (Å²) in [5.41, 5.74) is 46.8. The van der Waals surface area contributed by atoms with Crippen LogP contribution in [0.25, 0.3) is 0 Å². The number of amides is 11. The van der Waals surface area contributed by atoms with Gasteiger partial charge in [0.15, 0.2) is 17.9 Å². The van der Waals surface area contributed by atoms with Gasteiger partial charge in [-0.2, -0.15) is 0 Å². The lowest BCUT2D eigenvalue weighted by Crippen LogP contribution is -2.63. The second-order valence-electron chi connectivity index (χ2n) is 23.2. The molecule has 2 aromatic rings. The summed E-state index contributed by atoms with van der Waals surface area (Å²) in [7, 11) is 1.96. The predicted octanol–water partition coefficient (Wildman–Crippen LogP) is -5.01. The standard InChI is InChI=1S/C59H93N21O12S2/c1-5-32(2)45-53(90)76-39(17-11-25-70-58(66)67)55(92)80-26-12-18-42(80)52(89)77-41(47(61)84)31-93-94-59(3,4)46(54(91)75-37(15-9-23-68-56(62)63)49(86)74-38(50(87)78-45)16-10-24-69-57(64)65)79-51(88)40(28-33-13-7-6-8-14-33)73-44(83)30-71-43(82)29-72-48(85)36(60)27-34-19-21-35(81)22-20-34/h6-8,13-14,19-22,32,36-42,45-46,81H,5,9-12,15-18,23-31,60H2,1-4H3,(H2,61,84)(H,71,82)(H,72,85)(H,73,83)(H,74,86)(H,75,91)(H,76,90)(H,77,89)(H,78,87)(H,79,88)(H4,62,63,68)(H4,64,65,69)(H4,66,67,70)/t32-,36-,37-,38-,39-,40-,41+,42-,45-,46-/m0/s1. The first-order valence-electron chi connectivity index (χ1n) is 30.8. The van der Waals surface area contributed by atoms with E-state index in [1.807, 2.05) is 0 Å². The van der Waals surface area contributed by atoms with Gasteiger partial charge in [0, 0.05) is 43.1 Å². The Morgan fingerprint density at radius 3 is 1.76 bits per heavy atom. The molecule has 0 unspecified atom stereocenters. The highest BCUT2D eigenvalue weighted by Crippen LogP contribution is 2.39. The summed E-state index contributed by atoms with van der Waals surface area (Å²) < 4.78 is -1.46. The number of phenolic OH excluding ortho intramolecular Hbond substituents is 1. The molecule has 518 valence electrons. The van der Waals surface area contributed by atoms with Crippen LogP contribution in [0.5, 0.6) is 5.75 Å². The highest BCUT2D eigenvalue weighted by Gasteiger charge is 2.43. The number of primary amides is 1. The lowest BCUT2D eigenvalue weighted by Gasteiger charge is -2.35. The summed E-state index contributed by atoms with van der Waals surface area (Å²) in [4.78, 5) is 169. The molecule has 2 saturated heterocycles. The van der Waals surface area contributed by atoms with Crippen LogP contribution in [0.3, 0.4) is 0 Å². The van der Waals surface area contributed by atoms with E-state index < -0.39 is 143 Å². The number of hydrogen-bond acceptors (Lipinski definition) is 18. The number of benzene rings is 2. The van der Waals surface area contributed by atoms with Crippen molar-refractivity contribution in [2.24, 2.45) is 66.8 Å². The highest BCUT2D eigenvalue weighted by molar-refractivity contribution is 8.77. The van der Waals surface area contributed by atoms with E-state index in [9.17, 15) is 53.1 Å². The Balaban J connectivity index is 1.78. The third kappa shape index (κ3) is 26.5. The van der Waals surface area contributed by atoms with Crippen molar-refractivity contribution in [3.8, 4) is 5.75 Å². The molecule has 26 N–H and O–H groups in total. The average Bonchev–Trinajstić information content (AvgIpc) is 1.73. The van der Waals surface area contributed by atoms with E-state index in [1.54, 1.807) is 70.2 Å². The molecule has 2 aliphatic rings. The minimum atomic E-state index is -1.65. The number of phenols is 1. The van der Waals surface area contributed by atoms with Crippen LogP contribution in [0.2, 0.25) is 0 Å². The molecule has 0 saturated carbocycles. The van der Waals surface area contributed by atoms with Crippen molar-refractivity contribution in [2.75, 3.05) is 45.0 Å². The van der Waals surface area contributed by atoms with Gasteiger partial charge < -0.3 is 104 Å². The van der Waals surface area contributed by atoms with Gasteiger partial charge in [-0.05, 0) is 101 Å². The summed E-state index contributed by atoms with van der Waals surface area (Å²) in [5, 5.41) is 33.5. The first kappa shape index (κ1) is 77.3. The number of nitrogens with two attached hydrogens (primary N) is 8. The van der Waals surface area contributed by atoms with Crippen LogP contribution >= 0.6 is 21.6 Å².